The molecule has 31 heavy (non-hydrogen) atoms. The molecular weight excluding hydrogens is 428 g/mol. The highest BCUT2D eigenvalue weighted by atomic mass is 32.2. The van der Waals surface area contributed by atoms with Gasteiger partial charge >= 0.3 is 0 Å². The predicted molar refractivity (Wildman–Crippen MR) is 125 cm³/mol. The minimum absolute atomic E-state index is 0.183. The number of aryl methyl sites for hydroxylation is 2. The molecule has 164 valence electrons. The van der Waals surface area contributed by atoms with Crippen LogP contribution in [0, 0.1) is 36.9 Å². The monoisotopic (exact) mass is 456 g/mol. The molecule has 0 aliphatic carbocycles. The Bertz CT molecular complexity index is 956. The van der Waals surface area contributed by atoms with Crippen molar-refractivity contribution in [3.63, 3.8) is 0 Å². The van der Waals surface area contributed by atoms with E-state index in [0.29, 0.717) is 11.5 Å². The quantitative estimate of drug-likeness (QED) is 0.332. The van der Waals surface area contributed by atoms with Crippen molar-refractivity contribution >= 4 is 24.1 Å². The largest absolute Gasteiger partial charge is 0.388 e. The molecule has 2 aromatic rings. The van der Waals surface area contributed by atoms with Gasteiger partial charge in [-0.05, 0) is 60.1 Å². The fourth-order valence-corrected chi connectivity index (χ4v) is 4.47. The van der Waals surface area contributed by atoms with Crippen LogP contribution in [-0.4, -0.2) is 0 Å². The number of hydrogen-bond donors (Lipinski definition) is 0. The van der Waals surface area contributed by atoms with Gasteiger partial charge in [0.1, 0.15) is 11.5 Å². The molecule has 0 spiro atoms. The van der Waals surface area contributed by atoms with Gasteiger partial charge in [0.2, 0.25) is 0 Å². The zero-order valence-electron chi connectivity index (χ0n) is 19.2. The van der Waals surface area contributed by atoms with Crippen LogP contribution in [0.3, 0.4) is 0 Å². The molecule has 0 amide bonds. The van der Waals surface area contributed by atoms with E-state index in [2.05, 4.69) is 41.5 Å². The van der Waals surface area contributed by atoms with E-state index in [1.165, 1.54) is 24.1 Å². The third-order valence-corrected chi connectivity index (χ3v) is 6.51. The van der Waals surface area contributed by atoms with Gasteiger partial charge < -0.3 is 9.47 Å². The summed E-state index contributed by atoms with van der Waals surface area (Å²) in [7, 11) is 0. The molecule has 2 rings (SSSR count). The Hall–Kier alpha value is -2.32. The van der Waals surface area contributed by atoms with E-state index < -0.39 is 0 Å². The lowest BCUT2D eigenvalue weighted by atomic mass is 9.86. The lowest BCUT2D eigenvalue weighted by Crippen LogP contribution is -2.13. The molecule has 0 aliphatic rings. The minimum atomic E-state index is -0.183. The summed E-state index contributed by atoms with van der Waals surface area (Å²) in [5.41, 5.74) is 3.45. The van der Waals surface area contributed by atoms with Crippen molar-refractivity contribution in [1.82, 2.24) is 0 Å². The maximum absolute atomic E-state index is 8.96. The molecule has 0 N–H and O–H groups in total. The Balaban J connectivity index is 2.28. The number of hydrogen-bond acceptors (Lipinski definition) is 7. The van der Waals surface area contributed by atoms with E-state index in [0.717, 1.165) is 32.0 Å². The van der Waals surface area contributed by atoms with Crippen LogP contribution in [0.4, 0.5) is 0 Å². The second-order valence-corrected chi connectivity index (χ2v) is 11.1. The van der Waals surface area contributed by atoms with Crippen molar-refractivity contribution in [3.05, 3.63) is 46.5 Å². The molecule has 0 saturated carbocycles. The highest BCUT2D eigenvalue weighted by Gasteiger charge is 2.23. The van der Waals surface area contributed by atoms with Gasteiger partial charge in [0.15, 0.2) is 0 Å². The first-order valence-corrected chi connectivity index (χ1v) is 11.3. The number of benzene rings is 2. The van der Waals surface area contributed by atoms with Gasteiger partial charge in [-0.3, -0.25) is 0 Å². The maximum atomic E-state index is 8.96. The highest BCUT2D eigenvalue weighted by Crippen LogP contribution is 2.41. The summed E-state index contributed by atoms with van der Waals surface area (Å²) in [5, 5.41) is 17.9. The molecule has 5 nitrogen and oxygen atoms in total. The topological polar surface area (TPSA) is 75.3 Å². The average Bonchev–Trinajstić information content (AvgIpc) is 2.63. The zero-order valence-corrected chi connectivity index (χ0v) is 20.9. The molecule has 0 atom stereocenters. The zero-order chi connectivity index (χ0) is 23.4. The number of rotatable bonds is 6. The summed E-state index contributed by atoms with van der Waals surface area (Å²) < 4.78 is 16.3. The van der Waals surface area contributed by atoms with Crippen LogP contribution in [-0.2, 0) is 14.5 Å². The van der Waals surface area contributed by atoms with Gasteiger partial charge in [0.25, 0.3) is 12.5 Å². The number of nitrogens with zero attached hydrogens (tertiary/aromatic N) is 2. The van der Waals surface area contributed by atoms with Crippen molar-refractivity contribution in [2.45, 2.75) is 76.0 Å². The molecular formula is C24H28N2O3S2. The lowest BCUT2D eigenvalue weighted by Gasteiger charge is -2.23. The standard InChI is InChI=1S/C24H28N2O3S2/c1-15-9-19(27-13-25)17(23(3,4)5)11-21(15)30-29-31-22-12-18(24(6,7)8)20(28-14-26)10-16(22)2/h9-12H,1-8H3. The van der Waals surface area contributed by atoms with Crippen molar-refractivity contribution in [2.24, 2.45) is 0 Å². The van der Waals surface area contributed by atoms with Gasteiger partial charge in [0, 0.05) is 45.0 Å². The van der Waals surface area contributed by atoms with E-state index in [1.807, 2.05) is 38.1 Å². The van der Waals surface area contributed by atoms with Crippen LogP contribution in [0.2, 0.25) is 0 Å². The first-order chi connectivity index (χ1) is 14.4. The number of nitriles is 2. The minimum Gasteiger partial charge on any atom is -0.388 e. The normalized spacial score (nSPS) is 11.5. The smallest absolute Gasteiger partial charge is 0.292 e. The molecule has 0 radical (unpaired) electrons. The maximum Gasteiger partial charge on any atom is 0.292 e. The van der Waals surface area contributed by atoms with Crippen LogP contribution in [0.25, 0.3) is 0 Å². The second kappa shape index (κ2) is 9.87. The Morgan fingerprint density at radius 3 is 1.32 bits per heavy atom. The SMILES string of the molecule is Cc1cc(OC#N)c(C(C)(C)C)cc1SOSc1cc(C(C)(C)C)c(OC#N)cc1C. The predicted octanol–water partition coefficient (Wildman–Crippen LogP) is 7.35. The van der Waals surface area contributed by atoms with E-state index in [1.54, 1.807) is 12.5 Å². The van der Waals surface area contributed by atoms with Crippen LogP contribution >= 0.6 is 24.1 Å². The van der Waals surface area contributed by atoms with Crippen molar-refractivity contribution < 1.29 is 13.1 Å². The second-order valence-electron chi connectivity index (χ2n) is 9.35. The third kappa shape index (κ3) is 6.33. The summed E-state index contributed by atoms with van der Waals surface area (Å²) in [6, 6.07) is 7.78. The molecule has 0 heterocycles. The van der Waals surface area contributed by atoms with Gasteiger partial charge in [-0.25, -0.2) is 3.63 Å². The average molecular weight is 457 g/mol. The molecule has 0 bridgehead atoms. The summed E-state index contributed by atoms with van der Waals surface area (Å²) in [6.07, 6.45) is 3.54. The van der Waals surface area contributed by atoms with Crippen LogP contribution < -0.4 is 9.47 Å². The molecule has 7 heteroatoms. The van der Waals surface area contributed by atoms with Gasteiger partial charge in [0.05, 0.1) is 0 Å². The summed E-state index contributed by atoms with van der Waals surface area (Å²) in [5.74, 6) is 1.14. The Morgan fingerprint density at radius 2 is 1.03 bits per heavy atom. The van der Waals surface area contributed by atoms with E-state index in [9.17, 15) is 0 Å². The van der Waals surface area contributed by atoms with Crippen molar-refractivity contribution in [3.8, 4) is 24.0 Å². The molecule has 0 unspecified atom stereocenters. The first kappa shape index (κ1) is 24.9. The molecule has 0 saturated heterocycles. The molecule has 0 aliphatic heterocycles. The van der Waals surface area contributed by atoms with Gasteiger partial charge in [-0.2, -0.15) is 0 Å². The van der Waals surface area contributed by atoms with E-state index in [-0.39, 0.29) is 10.8 Å². The van der Waals surface area contributed by atoms with Crippen LogP contribution in [0.1, 0.15) is 63.8 Å². The van der Waals surface area contributed by atoms with Gasteiger partial charge in [-0.1, -0.05) is 41.5 Å². The number of ether oxygens (including phenoxy) is 2. The van der Waals surface area contributed by atoms with Crippen molar-refractivity contribution in [1.29, 1.82) is 10.5 Å². The fourth-order valence-electron chi connectivity index (χ4n) is 3.03. The molecule has 0 fully saturated rings. The van der Waals surface area contributed by atoms with Crippen molar-refractivity contribution in [2.75, 3.05) is 0 Å². The van der Waals surface area contributed by atoms with Gasteiger partial charge in [-0.15, -0.1) is 10.5 Å². The Kier molecular flexibility index (Phi) is 7.94. The first-order valence-electron chi connectivity index (χ1n) is 9.81. The summed E-state index contributed by atoms with van der Waals surface area (Å²) in [6.45, 7) is 16.4. The lowest BCUT2D eigenvalue weighted by molar-refractivity contribution is 0.472. The Labute approximate surface area is 194 Å². The van der Waals surface area contributed by atoms with Crippen LogP contribution in [0.15, 0.2) is 34.1 Å². The fraction of sp³-hybridized carbons (Fsp3) is 0.417. The summed E-state index contributed by atoms with van der Waals surface area (Å²) >= 11 is 2.55. The van der Waals surface area contributed by atoms with Crippen LogP contribution in [0.5, 0.6) is 11.5 Å². The molecule has 2 aromatic carbocycles. The Morgan fingerprint density at radius 1 is 0.677 bits per heavy atom. The molecule has 0 aromatic heterocycles. The summed E-state index contributed by atoms with van der Waals surface area (Å²) in [4.78, 5) is 1.92. The third-order valence-electron chi connectivity index (χ3n) is 4.73. The highest BCUT2D eigenvalue weighted by molar-refractivity contribution is 8.08. The van der Waals surface area contributed by atoms with E-state index >= 15 is 0 Å². The van der Waals surface area contributed by atoms with E-state index in [4.69, 9.17) is 23.6 Å².